The third-order valence-corrected chi connectivity index (χ3v) is 15.6. The number of H-pyrrole nitrogens is 1. The number of benzene rings is 2. The maximum atomic E-state index is 14.2. The number of nitrogens with two attached hydrogens (primary N) is 2. The smallest absolute Gasteiger partial charge is 0.303 e. The third-order valence-electron chi connectivity index (χ3n) is 15.6. The molecule has 1 aliphatic carbocycles. The van der Waals surface area contributed by atoms with E-state index in [4.69, 9.17) is 11.5 Å². The molecular weight excluding hydrogens is 1140 g/mol. The number of hydrogen-bond donors (Lipinski definition) is 15. The predicted octanol–water partition coefficient (Wildman–Crippen LogP) is -0.101. The lowest BCUT2D eigenvalue weighted by Gasteiger charge is -2.30. The van der Waals surface area contributed by atoms with Gasteiger partial charge in [0.15, 0.2) is 5.96 Å². The van der Waals surface area contributed by atoms with E-state index in [-0.39, 0.29) is 68.7 Å². The molecule has 0 radical (unpaired) electrons. The first-order chi connectivity index (χ1) is 41.8. The molecule has 482 valence electrons. The van der Waals surface area contributed by atoms with E-state index in [0.717, 1.165) is 53.5 Å². The van der Waals surface area contributed by atoms with Gasteiger partial charge in [-0.05, 0) is 80.2 Å². The van der Waals surface area contributed by atoms with Crippen LogP contribution < -0.4 is 54.0 Å². The number of carboxylic acids is 1. The molecule has 2 aromatic carbocycles. The van der Waals surface area contributed by atoms with Crippen molar-refractivity contribution >= 4 is 76.0 Å². The summed E-state index contributed by atoms with van der Waals surface area (Å²) in [5.41, 5.74) is 13.8. The Morgan fingerprint density at radius 2 is 1.42 bits per heavy atom. The minimum atomic E-state index is -1.75. The Morgan fingerprint density at radius 1 is 0.761 bits per heavy atom. The van der Waals surface area contributed by atoms with Crippen LogP contribution in [0.4, 0.5) is 0 Å². The minimum Gasteiger partial charge on any atom is -0.508 e. The fraction of sp³-hybridized carbons (Fsp3) is 0.557. The quantitative estimate of drug-likeness (QED) is 0.0164. The van der Waals surface area contributed by atoms with Crippen molar-refractivity contribution in [3.63, 3.8) is 0 Å². The number of aliphatic hydroxyl groups is 2. The maximum absolute atomic E-state index is 14.2. The van der Waals surface area contributed by atoms with Gasteiger partial charge in [-0.1, -0.05) is 88.4 Å². The number of fused-ring (bicyclic) bond motifs is 1. The lowest BCUT2D eigenvalue weighted by molar-refractivity contribution is -0.142. The van der Waals surface area contributed by atoms with Gasteiger partial charge in [-0.25, -0.2) is 0 Å². The lowest BCUT2D eigenvalue weighted by Crippen LogP contribution is -2.61. The van der Waals surface area contributed by atoms with Crippen LogP contribution in [0.2, 0.25) is 0 Å². The van der Waals surface area contributed by atoms with Gasteiger partial charge in [0, 0.05) is 76.4 Å². The second-order valence-corrected chi connectivity index (χ2v) is 23.2. The lowest BCUT2D eigenvalue weighted by atomic mass is 9.84. The molecule has 3 aromatic rings. The zero-order valence-electron chi connectivity index (χ0n) is 50.7. The number of phenolic OH excluding ortho intramolecular Hbond substituents is 1. The normalized spacial score (nSPS) is 18.2. The van der Waals surface area contributed by atoms with Gasteiger partial charge in [0.2, 0.25) is 53.2 Å². The summed E-state index contributed by atoms with van der Waals surface area (Å²) in [7, 11) is 1.51. The number of para-hydroxylation sites is 1. The molecule has 0 bridgehead atoms. The van der Waals surface area contributed by atoms with Crippen LogP contribution in [0.25, 0.3) is 10.9 Å². The third kappa shape index (κ3) is 22.3. The van der Waals surface area contributed by atoms with Crippen LogP contribution in [-0.4, -0.2) is 177 Å². The first kappa shape index (κ1) is 70.2. The first-order valence-electron chi connectivity index (χ1n) is 30.0. The number of likely N-dealkylation sites (tertiary alicyclic amines) is 1. The van der Waals surface area contributed by atoms with Crippen molar-refractivity contribution in [3.05, 3.63) is 78.0 Å². The first-order valence-corrected chi connectivity index (χ1v) is 30.0. The molecule has 5 rings (SSSR count). The highest BCUT2D eigenvalue weighted by Gasteiger charge is 2.43. The van der Waals surface area contributed by atoms with Crippen LogP contribution in [0, 0.1) is 17.8 Å². The summed E-state index contributed by atoms with van der Waals surface area (Å²) >= 11 is 0. The number of nitrogens with zero attached hydrogens (tertiary/aromatic N) is 2. The van der Waals surface area contributed by atoms with Gasteiger partial charge in [0.05, 0.1) is 18.1 Å². The molecule has 27 heteroatoms. The molecule has 1 saturated heterocycles. The number of primary amides is 1. The molecule has 27 nitrogen and oxygen atoms in total. The SMILES string of the molecule is CN=C(N)NCCC[C@H](NC(=O)[C@@H](C=CCNC(=O)[C@H](CC1CCCCC1)NC(=O)[C@@H](NC(=O)[C@H](CCC(=O)O)NC(=O)[C@@H]1C[C@@H](O)CN1C(=O)[C@@H](Cc1ccc(O)cc1)NC(C)=O)[C@@H](C)O)CC(C)C)C(=O)N[C@@H](Cc1c[nH]c2ccccc12)C(N)=O. The second kappa shape index (κ2) is 34.7. The maximum Gasteiger partial charge on any atom is 0.303 e. The van der Waals surface area contributed by atoms with Crippen molar-refractivity contribution in [1.29, 1.82) is 0 Å². The predicted molar refractivity (Wildman–Crippen MR) is 326 cm³/mol. The number of carbonyl (C=O) groups excluding carboxylic acids is 9. The van der Waals surface area contributed by atoms with Gasteiger partial charge in [-0.2, -0.15) is 0 Å². The fourth-order valence-corrected chi connectivity index (χ4v) is 11.0. The molecule has 10 atom stereocenters. The number of carboxylic acid groups (broad SMARTS) is 1. The Balaban J connectivity index is 1.28. The Labute approximate surface area is 511 Å². The number of aromatic nitrogens is 1. The number of aliphatic carboxylic acids is 1. The van der Waals surface area contributed by atoms with Crippen molar-refractivity contribution in [2.75, 3.05) is 26.7 Å². The number of aromatic hydroxyl groups is 1. The number of nitrogens with one attached hydrogen (secondary N) is 9. The molecule has 17 N–H and O–H groups in total. The van der Waals surface area contributed by atoms with Crippen LogP contribution in [0.5, 0.6) is 5.75 Å². The summed E-state index contributed by atoms with van der Waals surface area (Å²) in [4.78, 5) is 144. The van der Waals surface area contributed by atoms with E-state index in [2.05, 4.69) is 52.5 Å². The molecule has 9 amide bonds. The van der Waals surface area contributed by atoms with Gasteiger partial charge < -0.3 is 84.3 Å². The highest BCUT2D eigenvalue weighted by molar-refractivity contribution is 5.97. The number of phenols is 1. The highest BCUT2D eigenvalue weighted by atomic mass is 16.4. The molecule has 2 heterocycles. The molecule has 1 aromatic heterocycles. The Bertz CT molecular complexity index is 2940. The molecule has 2 aliphatic rings. The van der Waals surface area contributed by atoms with Gasteiger partial charge >= 0.3 is 5.97 Å². The molecule has 1 aliphatic heterocycles. The average Bonchev–Trinajstić information content (AvgIpc) is 2.28. The zero-order chi connectivity index (χ0) is 64.6. The van der Waals surface area contributed by atoms with Gasteiger partial charge in [-0.3, -0.25) is 52.9 Å². The Morgan fingerprint density at radius 3 is 2.07 bits per heavy atom. The van der Waals surface area contributed by atoms with E-state index < -0.39 is 132 Å². The summed E-state index contributed by atoms with van der Waals surface area (Å²) in [6.45, 7) is 6.10. The van der Waals surface area contributed by atoms with E-state index in [1.165, 1.54) is 33.0 Å². The number of hydrogen-bond acceptors (Lipinski definition) is 14. The van der Waals surface area contributed by atoms with Crippen LogP contribution in [-0.2, 0) is 60.8 Å². The van der Waals surface area contributed by atoms with Gasteiger partial charge in [-0.15, -0.1) is 0 Å². The number of carbonyl (C=O) groups is 10. The van der Waals surface area contributed by atoms with Crippen molar-refractivity contribution in [2.24, 2.45) is 34.2 Å². The molecule has 0 spiro atoms. The summed E-state index contributed by atoms with van der Waals surface area (Å²) in [5, 5.41) is 63.5. The van der Waals surface area contributed by atoms with Crippen LogP contribution in [0.15, 0.2) is 71.9 Å². The zero-order valence-corrected chi connectivity index (χ0v) is 50.7. The van der Waals surface area contributed by atoms with Crippen molar-refractivity contribution in [3.8, 4) is 5.75 Å². The summed E-state index contributed by atoms with van der Waals surface area (Å²) in [6.07, 6.45) is 6.02. The van der Waals surface area contributed by atoms with Crippen molar-refractivity contribution < 1.29 is 68.4 Å². The number of aliphatic hydroxyl groups excluding tert-OH is 2. The summed E-state index contributed by atoms with van der Waals surface area (Å²) < 4.78 is 0. The topological polar surface area (TPSA) is 431 Å². The number of β-amino-alcohol motifs (C(OH)–C–C–N with tert-alkyl or cyclic N) is 1. The minimum absolute atomic E-state index is 0.0130. The molecule has 1 saturated carbocycles. The molecular formula is C61H89N13O14. The number of rotatable bonds is 33. The number of guanidine groups is 1. The average molecular weight is 1230 g/mol. The molecule has 0 unspecified atom stereocenters. The summed E-state index contributed by atoms with van der Waals surface area (Å²) in [5.74, 6) is -8.85. The molecule has 88 heavy (non-hydrogen) atoms. The number of amides is 9. The van der Waals surface area contributed by atoms with Gasteiger partial charge in [0.25, 0.3) is 0 Å². The van der Waals surface area contributed by atoms with Crippen LogP contribution >= 0.6 is 0 Å². The number of aromatic amines is 1. The van der Waals surface area contributed by atoms with E-state index in [0.29, 0.717) is 24.9 Å². The Kier molecular flexibility index (Phi) is 27.6. The largest absolute Gasteiger partial charge is 0.508 e. The monoisotopic (exact) mass is 1230 g/mol. The van der Waals surface area contributed by atoms with Crippen LogP contribution in [0.3, 0.4) is 0 Å². The second-order valence-electron chi connectivity index (χ2n) is 23.2. The fourth-order valence-electron chi connectivity index (χ4n) is 11.0. The van der Waals surface area contributed by atoms with E-state index in [9.17, 15) is 68.4 Å². The standard InChI is InChI=1S/C61H89N13O14/c1-34(2)27-39(54(82)69-45(18-12-26-66-61(63)64-5)56(84)71-47(53(62)81)30-40-32-67-44-17-10-9-16-43(40)44)15-11-25-65-55(83)48(28-37-13-7-6-8-14-37)72-59(87)52(35(3)75)73-57(85)46(23-24-51(79)80)70-58(86)50-31-42(78)33-74(50)60(88)49(68-36(4)76)29-38-19-21-41(77)22-20-38/h9-11,15-17,19-22,32,34-35,37,39,42,45-50,52,67,75,77-78H,6-8,12-14,18,23-31,33H2,1-5H3,(H2,62,81)(H,65,83)(H,68,76)(H,69,82)(H,70,86)(H,71,84)(H,72,87)(H,73,85)(H,79,80)(H3,63,64,66)/t35-,39+,42-,45+,46+,47+,48+,49-,50+,52+/m1/s1. The van der Waals surface area contributed by atoms with Crippen LogP contribution in [0.1, 0.15) is 116 Å². The summed E-state index contributed by atoms with van der Waals surface area (Å²) in [6, 6.07) is 3.88. The Hall–Kier alpha value is -8.59. The van der Waals surface area contributed by atoms with E-state index >= 15 is 0 Å². The van der Waals surface area contributed by atoms with E-state index in [1.807, 2.05) is 38.1 Å². The number of aliphatic imine (C=N–C) groups is 1. The van der Waals surface area contributed by atoms with Gasteiger partial charge in [0.1, 0.15) is 48.0 Å². The van der Waals surface area contributed by atoms with Crippen molar-refractivity contribution in [1.82, 2.24) is 52.4 Å². The highest BCUT2D eigenvalue weighted by Crippen LogP contribution is 2.28. The van der Waals surface area contributed by atoms with Crippen molar-refractivity contribution in [2.45, 2.75) is 172 Å². The van der Waals surface area contributed by atoms with E-state index in [1.54, 1.807) is 30.5 Å². The molecule has 2 fully saturated rings.